The van der Waals surface area contributed by atoms with E-state index in [-0.39, 0.29) is 12.5 Å². The molecule has 0 spiro atoms. The largest absolute Gasteiger partial charge is 0.356 e. The molecule has 0 saturated carbocycles. The highest BCUT2D eigenvalue weighted by Gasteiger charge is 2.07. The summed E-state index contributed by atoms with van der Waals surface area (Å²) in [5.41, 5.74) is 2.32. The standard InChI is InChI=1S/C21H24N4O3S/c1-4-16-6-5-7-18(14-16)25-20(26)15-24-21(22-2)23-13-12-17-8-10-19(11-9-17)29(3,27)28/h1,5-11,14H,12-13,15H2,2-3H3,(H,25,26)(H2,22,23,24). The van der Waals surface area contributed by atoms with Gasteiger partial charge in [0.15, 0.2) is 15.8 Å². The van der Waals surface area contributed by atoms with Crippen LogP contribution in [0.2, 0.25) is 0 Å². The molecule has 0 aromatic heterocycles. The molecule has 8 heteroatoms. The van der Waals surface area contributed by atoms with Gasteiger partial charge in [0.05, 0.1) is 11.4 Å². The zero-order valence-corrected chi connectivity index (χ0v) is 17.2. The van der Waals surface area contributed by atoms with Gasteiger partial charge in [-0.15, -0.1) is 6.42 Å². The number of hydrogen-bond acceptors (Lipinski definition) is 4. The van der Waals surface area contributed by atoms with Crippen molar-refractivity contribution in [2.45, 2.75) is 11.3 Å². The fourth-order valence-corrected chi connectivity index (χ4v) is 3.14. The molecule has 152 valence electrons. The number of nitrogens with zero attached hydrogens (tertiary/aromatic N) is 1. The van der Waals surface area contributed by atoms with Crippen LogP contribution in [0.5, 0.6) is 0 Å². The lowest BCUT2D eigenvalue weighted by atomic mass is 10.1. The van der Waals surface area contributed by atoms with Crippen LogP contribution in [0.15, 0.2) is 58.4 Å². The van der Waals surface area contributed by atoms with Crippen molar-refractivity contribution in [3.8, 4) is 12.3 Å². The van der Waals surface area contributed by atoms with Crippen molar-refractivity contribution in [2.75, 3.05) is 31.7 Å². The van der Waals surface area contributed by atoms with Gasteiger partial charge in [-0.25, -0.2) is 8.42 Å². The first-order valence-corrected chi connectivity index (χ1v) is 10.8. The molecule has 7 nitrogen and oxygen atoms in total. The van der Waals surface area contributed by atoms with E-state index in [0.29, 0.717) is 35.1 Å². The number of sulfone groups is 1. The number of guanidine groups is 1. The summed E-state index contributed by atoms with van der Waals surface area (Å²) in [4.78, 5) is 16.5. The first-order chi connectivity index (χ1) is 13.8. The summed E-state index contributed by atoms with van der Waals surface area (Å²) >= 11 is 0. The van der Waals surface area contributed by atoms with Gasteiger partial charge in [0.25, 0.3) is 0 Å². The Morgan fingerprint density at radius 3 is 2.48 bits per heavy atom. The average molecular weight is 413 g/mol. The smallest absolute Gasteiger partial charge is 0.243 e. The molecule has 0 heterocycles. The van der Waals surface area contributed by atoms with E-state index in [2.05, 4.69) is 26.9 Å². The van der Waals surface area contributed by atoms with Crippen LogP contribution in [0.1, 0.15) is 11.1 Å². The van der Waals surface area contributed by atoms with Gasteiger partial charge in [0, 0.05) is 31.1 Å². The van der Waals surface area contributed by atoms with Crippen LogP contribution in [-0.4, -0.2) is 46.7 Å². The van der Waals surface area contributed by atoms with Crippen molar-refractivity contribution in [3.05, 3.63) is 59.7 Å². The number of benzene rings is 2. The van der Waals surface area contributed by atoms with Crippen molar-refractivity contribution >= 4 is 27.4 Å². The van der Waals surface area contributed by atoms with Crippen LogP contribution >= 0.6 is 0 Å². The fourth-order valence-electron chi connectivity index (χ4n) is 2.51. The topological polar surface area (TPSA) is 99.7 Å². The monoisotopic (exact) mass is 412 g/mol. The lowest BCUT2D eigenvalue weighted by molar-refractivity contribution is -0.115. The Hall–Kier alpha value is -3.31. The molecule has 0 radical (unpaired) electrons. The van der Waals surface area contributed by atoms with Gasteiger partial charge in [-0.1, -0.05) is 24.1 Å². The van der Waals surface area contributed by atoms with E-state index in [0.717, 1.165) is 5.56 Å². The maximum absolute atomic E-state index is 12.1. The molecule has 0 unspecified atom stereocenters. The minimum absolute atomic E-state index is 0.0447. The van der Waals surface area contributed by atoms with Crippen LogP contribution in [0.3, 0.4) is 0 Å². The van der Waals surface area contributed by atoms with Gasteiger partial charge in [0.1, 0.15) is 0 Å². The van der Waals surface area contributed by atoms with Gasteiger partial charge in [-0.2, -0.15) is 0 Å². The highest BCUT2D eigenvalue weighted by Crippen LogP contribution is 2.11. The van der Waals surface area contributed by atoms with E-state index in [9.17, 15) is 13.2 Å². The minimum Gasteiger partial charge on any atom is -0.356 e. The van der Waals surface area contributed by atoms with Crippen LogP contribution in [0.4, 0.5) is 5.69 Å². The molecule has 0 aliphatic rings. The molecule has 2 aromatic rings. The Bertz CT molecular complexity index is 1020. The third-order valence-corrected chi connectivity index (χ3v) is 5.14. The predicted octanol–water partition coefficient (Wildman–Crippen LogP) is 1.42. The maximum atomic E-state index is 12.1. The van der Waals surface area contributed by atoms with Gasteiger partial charge in [-0.3, -0.25) is 9.79 Å². The number of nitrogens with one attached hydrogen (secondary N) is 3. The molecule has 0 aliphatic heterocycles. The lowest BCUT2D eigenvalue weighted by Crippen LogP contribution is -2.42. The molecule has 0 saturated heterocycles. The summed E-state index contributed by atoms with van der Waals surface area (Å²) < 4.78 is 23.0. The van der Waals surface area contributed by atoms with Crippen molar-refractivity contribution < 1.29 is 13.2 Å². The summed E-state index contributed by atoms with van der Waals surface area (Å²) in [6.07, 6.45) is 7.21. The second kappa shape index (κ2) is 10.3. The molecule has 2 rings (SSSR count). The molecule has 0 atom stereocenters. The first-order valence-electron chi connectivity index (χ1n) is 8.92. The maximum Gasteiger partial charge on any atom is 0.243 e. The summed E-state index contributed by atoms with van der Waals surface area (Å²) in [6, 6.07) is 13.8. The van der Waals surface area contributed by atoms with Crippen molar-refractivity contribution in [2.24, 2.45) is 4.99 Å². The quantitative estimate of drug-likeness (QED) is 0.363. The second-order valence-electron chi connectivity index (χ2n) is 6.29. The second-order valence-corrected chi connectivity index (χ2v) is 8.31. The molecule has 0 bridgehead atoms. The highest BCUT2D eigenvalue weighted by molar-refractivity contribution is 7.90. The zero-order valence-electron chi connectivity index (χ0n) is 16.4. The Morgan fingerprint density at radius 2 is 1.86 bits per heavy atom. The zero-order chi connectivity index (χ0) is 21.3. The molecule has 2 aromatic carbocycles. The van der Waals surface area contributed by atoms with E-state index in [1.165, 1.54) is 6.26 Å². The van der Waals surface area contributed by atoms with Crippen LogP contribution in [0, 0.1) is 12.3 Å². The van der Waals surface area contributed by atoms with Crippen molar-refractivity contribution in [1.82, 2.24) is 10.6 Å². The van der Waals surface area contributed by atoms with E-state index in [4.69, 9.17) is 6.42 Å². The van der Waals surface area contributed by atoms with E-state index in [1.54, 1.807) is 55.6 Å². The summed E-state index contributed by atoms with van der Waals surface area (Å²) in [6.45, 7) is 0.618. The number of carbonyl (C=O) groups is 1. The third kappa shape index (κ3) is 7.31. The van der Waals surface area contributed by atoms with E-state index in [1.807, 2.05) is 0 Å². The summed E-state index contributed by atoms with van der Waals surface area (Å²) in [5, 5.41) is 8.82. The molecule has 29 heavy (non-hydrogen) atoms. The van der Waals surface area contributed by atoms with Gasteiger partial charge in [-0.05, 0) is 42.3 Å². The number of carbonyl (C=O) groups excluding carboxylic acids is 1. The third-order valence-electron chi connectivity index (χ3n) is 4.01. The number of hydrogen-bond donors (Lipinski definition) is 3. The molecule has 1 amide bonds. The SMILES string of the molecule is C#Cc1cccc(NC(=O)CNC(=NC)NCCc2ccc(S(C)(=O)=O)cc2)c1. The Morgan fingerprint density at radius 1 is 1.14 bits per heavy atom. The fraction of sp³-hybridized carbons (Fsp3) is 0.238. The predicted molar refractivity (Wildman–Crippen MR) is 116 cm³/mol. The van der Waals surface area contributed by atoms with Gasteiger partial charge < -0.3 is 16.0 Å². The lowest BCUT2D eigenvalue weighted by Gasteiger charge is -2.12. The summed E-state index contributed by atoms with van der Waals surface area (Å²) in [5.74, 6) is 2.79. The Labute approximate surface area is 171 Å². The highest BCUT2D eigenvalue weighted by atomic mass is 32.2. The molecular weight excluding hydrogens is 388 g/mol. The number of amides is 1. The van der Waals surface area contributed by atoms with Crippen LogP contribution in [-0.2, 0) is 21.1 Å². The number of terminal acetylenes is 1. The van der Waals surface area contributed by atoms with Gasteiger partial charge in [0.2, 0.25) is 5.91 Å². The van der Waals surface area contributed by atoms with Crippen LogP contribution in [0.25, 0.3) is 0 Å². The first kappa shape index (κ1) is 22.0. The molecular formula is C21H24N4O3S. The van der Waals surface area contributed by atoms with E-state index >= 15 is 0 Å². The number of anilines is 1. The van der Waals surface area contributed by atoms with Crippen molar-refractivity contribution in [1.29, 1.82) is 0 Å². The minimum atomic E-state index is -3.19. The normalized spacial score (nSPS) is 11.4. The van der Waals surface area contributed by atoms with Crippen LogP contribution < -0.4 is 16.0 Å². The molecule has 3 N–H and O–H groups in total. The number of aliphatic imine (C=N–C) groups is 1. The van der Waals surface area contributed by atoms with E-state index < -0.39 is 9.84 Å². The van der Waals surface area contributed by atoms with Gasteiger partial charge >= 0.3 is 0 Å². The average Bonchev–Trinajstić information content (AvgIpc) is 2.70. The molecule has 0 aliphatic carbocycles. The van der Waals surface area contributed by atoms with Crippen molar-refractivity contribution in [3.63, 3.8) is 0 Å². The summed E-state index contributed by atoms with van der Waals surface area (Å²) in [7, 11) is -1.58. The number of rotatable bonds is 7. The molecule has 0 fully saturated rings. The Balaban J connectivity index is 1.77. The Kier molecular flexibility index (Phi) is 7.80.